The van der Waals surface area contributed by atoms with Gasteiger partial charge in [0.2, 0.25) is 5.95 Å². The van der Waals surface area contributed by atoms with E-state index in [1.165, 1.54) is 24.3 Å². The molecule has 0 spiro atoms. The van der Waals surface area contributed by atoms with Crippen molar-refractivity contribution in [3.05, 3.63) is 57.0 Å². The van der Waals surface area contributed by atoms with E-state index in [1.54, 1.807) is 0 Å². The maximum Gasteiger partial charge on any atom is 0.453 e. The van der Waals surface area contributed by atoms with Crippen molar-refractivity contribution < 1.29 is 22.9 Å². The zero-order valence-electron chi connectivity index (χ0n) is 14.5. The summed E-state index contributed by atoms with van der Waals surface area (Å²) in [6.07, 6.45) is -4.07. The molecule has 4 rings (SSSR count). The lowest BCUT2D eigenvalue weighted by molar-refractivity contribution is -0.384. The number of allylic oxidation sites excluding steroid dienone is 2. The van der Waals surface area contributed by atoms with Crippen LogP contribution in [0.1, 0.15) is 37.2 Å². The van der Waals surface area contributed by atoms with Gasteiger partial charge in [-0.1, -0.05) is 19.1 Å². The second kappa shape index (κ2) is 6.14. The largest absolute Gasteiger partial charge is 0.453 e. The van der Waals surface area contributed by atoms with E-state index >= 15 is 0 Å². The van der Waals surface area contributed by atoms with Crippen LogP contribution in [-0.4, -0.2) is 25.5 Å². The molecule has 0 bridgehead atoms. The van der Waals surface area contributed by atoms with Crippen molar-refractivity contribution >= 4 is 17.4 Å². The number of carbonyl (C=O) groups is 1. The second-order valence-electron chi connectivity index (χ2n) is 6.91. The molecule has 2 aliphatic rings. The summed E-state index contributed by atoms with van der Waals surface area (Å²) in [5.41, 5.74) is 0.817. The van der Waals surface area contributed by atoms with Crippen LogP contribution in [0.3, 0.4) is 0 Å². The first kappa shape index (κ1) is 18.1. The highest BCUT2D eigenvalue weighted by molar-refractivity contribution is 5.99. The number of anilines is 1. The maximum absolute atomic E-state index is 13.1. The van der Waals surface area contributed by atoms with Crippen LogP contribution in [-0.2, 0) is 11.0 Å². The van der Waals surface area contributed by atoms with Crippen LogP contribution >= 0.6 is 0 Å². The zero-order valence-corrected chi connectivity index (χ0v) is 14.5. The Hall–Kier alpha value is -3.24. The van der Waals surface area contributed by atoms with Crippen LogP contribution in [0.2, 0.25) is 0 Å². The first-order valence-electron chi connectivity index (χ1n) is 8.46. The zero-order chi connectivity index (χ0) is 20.2. The standard InChI is InChI=1S/C17H14F3N5O3/c1-8-5-11-13(12(26)6-8)14(9-3-2-4-10(7-9)25(27)28)24-16(21-11)22-15(23-24)17(18,19)20/h2-4,7-8,14H,5-6H2,1H3,(H,21,22,23)/t8-,14+/m1/s1. The maximum atomic E-state index is 13.1. The molecule has 1 aliphatic carbocycles. The fourth-order valence-electron chi connectivity index (χ4n) is 3.64. The summed E-state index contributed by atoms with van der Waals surface area (Å²) in [6.45, 7) is 1.87. The number of nitrogens with one attached hydrogen (secondary N) is 1. The van der Waals surface area contributed by atoms with Crippen molar-refractivity contribution in [3.63, 3.8) is 0 Å². The first-order chi connectivity index (χ1) is 13.1. The number of carbonyl (C=O) groups excluding carboxylic acids is 1. The fraction of sp³-hybridized carbons (Fsp3) is 0.353. The smallest absolute Gasteiger partial charge is 0.328 e. The van der Waals surface area contributed by atoms with Gasteiger partial charge in [-0.3, -0.25) is 14.9 Å². The number of Topliss-reactive ketones (excluding diaryl/α,β-unsaturated/α-hetero) is 1. The number of rotatable bonds is 2. The number of hydrogen-bond donors (Lipinski definition) is 1. The Morgan fingerprint density at radius 3 is 2.75 bits per heavy atom. The first-order valence-corrected chi connectivity index (χ1v) is 8.46. The van der Waals surface area contributed by atoms with Crippen LogP contribution in [0, 0.1) is 16.0 Å². The molecule has 0 radical (unpaired) electrons. The Morgan fingerprint density at radius 2 is 2.07 bits per heavy atom. The monoisotopic (exact) mass is 393 g/mol. The number of ketones is 1. The quantitative estimate of drug-likeness (QED) is 0.619. The third-order valence-corrected chi connectivity index (χ3v) is 4.77. The van der Waals surface area contributed by atoms with E-state index < -0.39 is 23.0 Å². The van der Waals surface area contributed by atoms with E-state index in [9.17, 15) is 28.1 Å². The molecule has 0 unspecified atom stereocenters. The minimum Gasteiger partial charge on any atom is -0.328 e. The van der Waals surface area contributed by atoms with Crippen molar-refractivity contribution in [3.8, 4) is 0 Å². The van der Waals surface area contributed by atoms with Gasteiger partial charge in [0, 0.05) is 29.8 Å². The van der Waals surface area contributed by atoms with E-state index in [2.05, 4.69) is 15.4 Å². The number of halogens is 3. The number of fused-ring (bicyclic) bond motifs is 1. The Balaban J connectivity index is 1.92. The Kier molecular flexibility index (Phi) is 3.98. The van der Waals surface area contributed by atoms with Crippen LogP contribution in [0.4, 0.5) is 24.8 Å². The van der Waals surface area contributed by atoms with Crippen molar-refractivity contribution in [2.45, 2.75) is 32.0 Å². The van der Waals surface area contributed by atoms with Crippen molar-refractivity contribution in [2.24, 2.45) is 5.92 Å². The molecule has 0 saturated carbocycles. The fourth-order valence-corrected chi connectivity index (χ4v) is 3.64. The van der Waals surface area contributed by atoms with Crippen LogP contribution in [0.5, 0.6) is 0 Å². The molecule has 0 fully saturated rings. The highest BCUT2D eigenvalue weighted by atomic mass is 19.4. The number of benzene rings is 1. The summed E-state index contributed by atoms with van der Waals surface area (Å²) >= 11 is 0. The van der Waals surface area contributed by atoms with Gasteiger partial charge in [0.05, 0.1) is 4.92 Å². The average molecular weight is 393 g/mol. The van der Waals surface area contributed by atoms with Crippen molar-refractivity contribution in [1.82, 2.24) is 14.8 Å². The number of hydrogen-bond acceptors (Lipinski definition) is 6. The van der Waals surface area contributed by atoms with Crippen LogP contribution < -0.4 is 5.32 Å². The predicted octanol–water partition coefficient (Wildman–Crippen LogP) is 3.47. The molecule has 1 aliphatic heterocycles. The number of non-ortho nitro benzene ring substituents is 1. The number of nitro groups is 1. The SMILES string of the molecule is C[C@H]1CC(=O)C2=C(C1)Nc1nc(C(F)(F)F)nn1[C@H]2c1cccc([N+](=O)[O-])c1. The molecule has 28 heavy (non-hydrogen) atoms. The van der Waals surface area contributed by atoms with Gasteiger partial charge in [-0.2, -0.15) is 18.2 Å². The van der Waals surface area contributed by atoms with Gasteiger partial charge in [-0.05, 0) is 17.9 Å². The normalized spacial score (nSPS) is 21.8. The highest BCUT2D eigenvalue weighted by Crippen LogP contribution is 2.42. The second-order valence-corrected chi connectivity index (χ2v) is 6.91. The van der Waals surface area contributed by atoms with Gasteiger partial charge in [0.15, 0.2) is 5.78 Å². The Bertz CT molecular complexity index is 1030. The minimum absolute atomic E-state index is 0.0149. The van der Waals surface area contributed by atoms with Crippen LogP contribution in [0.15, 0.2) is 35.5 Å². The predicted molar refractivity (Wildman–Crippen MR) is 90.3 cm³/mol. The Labute approximate surface area is 156 Å². The summed E-state index contributed by atoms with van der Waals surface area (Å²) in [4.78, 5) is 26.8. The van der Waals surface area contributed by atoms with E-state index in [1.807, 2.05) is 6.92 Å². The van der Waals surface area contributed by atoms with E-state index in [4.69, 9.17) is 0 Å². The molecule has 8 nitrogen and oxygen atoms in total. The molecule has 2 heterocycles. The summed E-state index contributed by atoms with van der Waals surface area (Å²) in [5.74, 6) is -1.70. The topological polar surface area (TPSA) is 103 Å². The lowest BCUT2D eigenvalue weighted by Gasteiger charge is -2.34. The molecule has 0 saturated heterocycles. The van der Waals surface area contributed by atoms with E-state index in [0.29, 0.717) is 17.7 Å². The third kappa shape index (κ3) is 2.92. The van der Waals surface area contributed by atoms with Crippen molar-refractivity contribution in [1.29, 1.82) is 0 Å². The third-order valence-electron chi connectivity index (χ3n) is 4.77. The average Bonchev–Trinajstić information content (AvgIpc) is 3.03. The molecule has 1 N–H and O–H groups in total. The van der Waals surface area contributed by atoms with Gasteiger partial charge in [0.1, 0.15) is 6.04 Å². The number of nitrogens with zero attached hydrogens (tertiary/aromatic N) is 4. The Morgan fingerprint density at radius 1 is 1.32 bits per heavy atom. The van der Waals surface area contributed by atoms with Gasteiger partial charge < -0.3 is 5.32 Å². The lowest BCUT2D eigenvalue weighted by atomic mass is 9.81. The summed E-state index contributed by atoms with van der Waals surface area (Å²) < 4.78 is 40.4. The molecule has 2 aromatic rings. The van der Waals surface area contributed by atoms with E-state index in [0.717, 1.165) is 4.68 Å². The number of alkyl halides is 3. The van der Waals surface area contributed by atoms with Gasteiger partial charge in [-0.15, -0.1) is 5.10 Å². The number of aromatic nitrogens is 3. The molecule has 146 valence electrons. The lowest BCUT2D eigenvalue weighted by Crippen LogP contribution is -2.33. The molecule has 1 aromatic carbocycles. The van der Waals surface area contributed by atoms with Gasteiger partial charge in [-0.25, -0.2) is 4.68 Å². The summed E-state index contributed by atoms with van der Waals surface area (Å²) in [6, 6.07) is 4.44. The summed E-state index contributed by atoms with van der Waals surface area (Å²) in [5, 5.41) is 17.5. The van der Waals surface area contributed by atoms with Gasteiger partial charge in [0.25, 0.3) is 11.5 Å². The molecule has 1 aromatic heterocycles. The molecular formula is C17H14F3N5O3. The number of nitro benzene ring substituents is 1. The van der Waals surface area contributed by atoms with Gasteiger partial charge >= 0.3 is 6.18 Å². The minimum atomic E-state index is -4.77. The van der Waals surface area contributed by atoms with E-state index in [-0.39, 0.29) is 35.3 Å². The summed E-state index contributed by atoms with van der Waals surface area (Å²) in [7, 11) is 0. The molecule has 0 amide bonds. The highest BCUT2D eigenvalue weighted by Gasteiger charge is 2.43. The van der Waals surface area contributed by atoms with Crippen molar-refractivity contribution in [2.75, 3.05) is 5.32 Å². The molecule has 2 atom stereocenters. The molecule has 11 heteroatoms. The van der Waals surface area contributed by atoms with Crippen LogP contribution in [0.25, 0.3) is 0 Å². The molecular weight excluding hydrogens is 379 g/mol.